The number of ether oxygens (including phenoxy) is 1. The van der Waals surface area contributed by atoms with Crippen LogP contribution < -0.4 is 0 Å². The molecule has 0 bridgehead atoms. The fourth-order valence-electron chi connectivity index (χ4n) is 3.38. The molecule has 0 amide bonds. The van der Waals surface area contributed by atoms with Crippen molar-refractivity contribution in [3.05, 3.63) is 29.8 Å². The number of thioether (sulfide) groups is 1. The highest BCUT2D eigenvalue weighted by molar-refractivity contribution is 7.99. The van der Waals surface area contributed by atoms with Crippen LogP contribution in [0.1, 0.15) is 50.6 Å². The first kappa shape index (κ1) is 18.0. The summed E-state index contributed by atoms with van der Waals surface area (Å²) in [6.07, 6.45) is 6.05. The second kappa shape index (κ2) is 8.52. The minimum absolute atomic E-state index is 0.205. The Morgan fingerprint density at radius 2 is 2.00 bits per heavy atom. The summed E-state index contributed by atoms with van der Waals surface area (Å²) in [6.45, 7) is 4.33. The van der Waals surface area contributed by atoms with Crippen LogP contribution in [-0.2, 0) is 9.53 Å². The third-order valence-electron chi connectivity index (χ3n) is 4.61. The van der Waals surface area contributed by atoms with Crippen molar-refractivity contribution in [2.24, 2.45) is 0 Å². The lowest BCUT2D eigenvalue weighted by Crippen LogP contribution is -2.16. The van der Waals surface area contributed by atoms with Gasteiger partial charge in [0.05, 0.1) is 12.4 Å². The van der Waals surface area contributed by atoms with Gasteiger partial charge in [-0.25, -0.2) is 0 Å². The Kier molecular flexibility index (Phi) is 6.13. The van der Waals surface area contributed by atoms with Gasteiger partial charge in [0, 0.05) is 11.6 Å². The van der Waals surface area contributed by atoms with E-state index in [-0.39, 0.29) is 11.7 Å². The molecule has 0 radical (unpaired) electrons. The minimum atomic E-state index is -0.205. The molecular weight excluding hydrogens is 334 g/mol. The van der Waals surface area contributed by atoms with E-state index in [4.69, 9.17) is 4.74 Å². The largest absolute Gasteiger partial charge is 0.465 e. The van der Waals surface area contributed by atoms with Crippen LogP contribution in [-0.4, -0.2) is 33.1 Å². The summed E-state index contributed by atoms with van der Waals surface area (Å²) < 4.78 is 7.30. The SMILES string of the molecule is CCOC(=O)CSc1nnc(-c2ccccc2C)n1C1CCCCC1. The lowest BCUT2D eigenvalue weighted by molar-refractivity contribution is -0.139. The lowest BCUT2D eigenvalue weighted by Gasteiger charge is -2.25. The van der Waals surface area contributed by atoms with Crippen molar-refractivity contribution in [3.63, 3.8) is 0 Å². The van der Waals surface area contributed by atoms with E-state index < -0.39 is 0 Å². The predicted octanol–water partition coefficient (Wildman–Crippen LogP) is 4.41. The van der Waals surface area contributed by atoms with Gasteiger partial charge in [0.25, 0.3) is 0 Å². The molecule has 5 nitrogen and oxygen atoms in total. The summed E-state index contributed by atoms with van der Waals surface area (Å²) in [4.78, 5) is 11.7. The zero-order valence-electron chi connectivity index (χ0n) is 14.9. The molecule has 1 saturated carbocycles. The molecule has 1 fully saturated rings. The topological polar surface area (TPSA) is 57.0 Å². The Balaban J connectivity index is 1.92. The van der Waals surface area contributed by atoms with Crippen molar-refractivity contribution in [2.75, 3.05) is 12.4 Å². The highest BCUT2D eigenvalue weighted by Gasteiger charge is 2.24. The van der Waals surface area contributed by atoms with E-state index in [0.717, 1.165) is 29.4 Å². The van der Waals surface area contributed by atoms with E-state index in [1.165, 1.54) is 36.6 Å². The highest BCUT2D eigenvalue weighted by atomic mass is 32.2. The molecule has 1 aliphatic rings. The molecule has 3 rings (SSSR count). The number of hydrogen-bond donors (Lipinski definition) is 0. The molecular formula is C19H25N3O2S. The first-order valence-electron chi connectivity index (χ1n) is 9.00. The Hall–Kier alpha value is -1.82. The molecule has 1 heterocycles. The van der Waals surface area contributed by atoms with Crippen LogP contribution in [0.4, 0.5) is 0 Å². The van der Waals surface area contributed by atoms with E-state index in [1.54, 1.807) is 0 Å². The van der Waals surface area contributed by atoms with Gasteiger partial charge in [-0.2, -0.15) is 0 Å². The second-order valence-corrected chi connectivity index (χ2v) is 7.32. The van der Waals surface area contributed by atoms with Gasteiger partial charge < -0.3 is 4.74 Å². The van der Waals surface area contributed by atoms with Crippen LogP contribution in [0.25, 0.3) is 11.4 Å². The van der Waals surface area contributed by atoms with Crippen molar-refractivity contribution < 1.29 is 9.53 Å². The van der Waals surface area contributed by atoms with Gasteiger partial charge in [0.2, 0.25) is 0 Å². The Labute approximate surface area is 153 Å². The summed E-state index contributed by atoms with van der Waals surface area (Å²) >= 11 is 1.42. The number of aryl methyl sites for hydroxylation is 1. The van der Waals surface area contributed by atoms with E-state index >= 15 is 0 Å². The molecule has 0 aliphatic heterocycles. The zero-order valence-corrected chi connectivity index (χ0v) is 15.7. The van der Waals surface area contributed by atoms with Crippen molar-refractivity contribution in [1.29, 1.82) is 0 Å². The summed E-state index contributed by atoms with van der Waals surface area (Å²) in [6, 6.07) is 8.67. The predicted molar refractivity (Wildman–Crippen MR) is 99.7 cm³/mol. The number of carbonyl (C=O) groups excluding carboxylic acids is 1. The molecule has 0 spiro atoms. The van der Waals surface area contributed by atoms with E-state index in [1.807, 2.05) is 19.1 Å². The maximum atomic E-state index is 11.7. The fourth-order valence-corrected chi connectivity index (χ4v) is 4.18. The number of rotatable bonds is 6. The molecule has 2 aromatic rings. The van der Waals surface area contributed by atoms with Crippen molar-refractivity contribution >= 4 is 17.7 Å². The third kappa shape index (κ3) is 4.24. The smallest absolute Gasteiger partial charge is 0.316 e. The normalized spacial score (nSPS) is 15.3. The van der Waals surface area contributed by atoms with Crippen molar-refractivity contribution in [2.45, 2.75) is 57.1 Å². The molecule has 6 heteroatoms. The van der Waals surface area contributed by atoms with Gasteiger partial charge in [0.15, 0.2) is 11.0 Å². The number of nitrogens with zero attached hydrogens (tertiary/aromatic N) is 3. The van der Waals surface area contributed by atoms with Crippen LogP contribution in [0.3, 0.4) is 0 Å². The minimum Gasteiger partial charge on any atom is -0.465 e. The summed E-state index contributed by atoms with van der Waals surface area (Å²) in [5, 5.41) is 9.71. The van der Waals surface area contributed by atoms with Crippen LogP contribution in [0.5, 0.6) is 0 Å². The maximum absolute atomic E-state index is 11.7. The monoisotopic (exact) mass is 359 g/mol. The molecule has 1 aromatic carbocycles. The number of carbonyl (C=O) groups is 1. The molecule has 1 aliphatic carbocycles. The molecule has 0 saturated heterocycles. The van der Waals surface area contributed by atoms with Crippen molar-refractivity contribution in [3.8, 4) is 11.4 Å². The average Bonchev–Trinajstić information content (AvgIpc) is 3.05. The maximum Gasteiger partial charge on any atom is 0.316 e. The molecule has 134 valence electrons. The van der Waals surface area contributed by atoms with Gasteiger partial charge >= 0.3 is 5.97 Å². The molecule has 0 N–H and O–H groups in total. The fraction of sp³-hybridized carbons (Fsp3) is 0.526. The van der Waals surface area contributed by atoms with E-state index in [2.05, 4.69) is 33.8 Å². The Morgan fingerprint density at radius 3 is 2.72 bits per heavy atom. The van der Waals surface area contributed by atoms with Crippen LogP contribution >= 0.6 is 11.8 Å². The first-order chi connectivity index (χ1) is 12.2. The second-order valence-electron chi connectivity index (χ2n) is 6.38. The Bertz CT molecular complexity index is 723. The summed E-state index contributed by atoms with van der Waals surface area (Å²) in [5.74, 6) is 0.978. The number of benzene rings is 1. The quantitative estimate of drug-likeness (QED) is 0.565. The Morgan fingerprint density at radius 1 is 1.24 bits per heavy atom. The molecule has 25 heavy (non-hydrogen) atoms. The van der Waals surface area contributed by atoms with E-state index in [0.29, 0.717) is 12.6 Å². The highest BCUT2D eigenvalue weighted by Crippen LogP contribution is 2.36. The lowest BCUT2D eigenvalue weighted by atomic mass is 9.95. The van der Waals surface area contributed by atoms with Crippen molar-refractivity contribution in [1.82, 2.24) is 14.8 Å². The zero-order chi connectivity index (χ0) is 17.6. The third-order valence-corrected chi connectivity index (χ3v) is 5.53. The average molecular weight is 359 g/mol. The number of esters is 1. The van der Waals surface area contributed by atoms with Gasteiger partial charge in [0.1, 0.15) is 0 Å². The number of aromatic nitrogens is 3. The van der Waals surface area contributed by atoms with Gasteiger partial charge in [-0.1, -0.05) is 55.3 Å². The molecule has 0 atom stereocenters. The van der Waals surface area contributed by atoms with Gasteiger partial charge in [-0.05, 0) is 32.3 Å². The first-order valence-corrected chi connectivity index (χ1v) is 9.98. The van der Waals surface area contributed by atoms with Crippen LogP contribution in [0.2, 0.25) is 0 Å². The molecule has 1 aromatic heterocycles. The summed E-state index contributed by atoms with van der Waals surface area (Å²) in [5.41, 5.74) is 2.30. The summed E-state index contributed by atoms with van der Waals surface area (Å²) in [7, 11) is 0. The van der Waals surface area contributed by atoms with Gasteiger partial charge in [-0.3, -0.25) is 9.36 Å². The van der Waals surface area contributed by atoms with Gasteiger partial charge in [-0.15, -0.1) is 10.2 Å². The standard InChI is InChI=1S/C19H25N3O2S/c1-3-24-17(23)13-25-19-21-20-18(16-12-8-7-9-14(16)2)22(19)15-10-5-4-6-11-15/h7-9,12,15H,3-6,10-11,13H2,1-2H3. The molecule has 0 unspecified atom stereocenters. The van der Waals surface area contributed by atoms with Crippen LogP contribution in [0, 0.1) is 6.92 Å². The number of hydrogen-bond acceptors (Lipinski definition) is 5. The van der Waals surface area contributed by atoms with Crippen LogP contribution in [0.15, 0.2) is 29.4 Å². The van der Waals surface area contributed by atoms with E-state index in [9.17, 15) is 4.79 Å².